The molecule has 0 amide bonds. The highest BCUT2D eigenvalue weighted by molar-refractivity contribution is 9.10. The quantitative estimate of drug-likeness (QED) is 0.839. The van der Waals surface area contributed by atoms with Crippen LogP contribution in [0.5, 0.6) is 0 Å². The molecule has 21 heavy (non-hydrogen) atoms. The number of anilines is 1. The van der Waals surface area contributed by atoms with Crippen molar-refractivity contribution in [3.63, 3.8) is 0 Å². The zero-order valence-electron chi connectivity index (χ0n) is 11.3. The lowest BCUT2D eigenvalue weighted by Gasteiger charge is -2.18. The third kappa shape index (κ3) is 3.42. The average Bonchev–Trinajstić information content (AvgIpc) is 2.43. The van der Waals surface area contributed by atoms with Crippen LogP contribution in [0.4, 0.5) is 10.1 Å². The molecule has 0 aromatic heterocycles. The molecular formula is C14H14BrFN2O2S. The minimum atomic E-state index is -3.95. The van der Waals surface area contributed by atoms with E-state index in [2.05, 4.69) is 15.9 Å². The Morgan fingerprint density at radius 3 is 2.48 bits per heavy atom. The molecule has 2 aromatic carbocycles. The van der Waals surface area contributed by atoms with Gasteiger partial charge >= 0.3 is 0 Å². The normalized spacial score (nSPS) is 11.8. The monoisotopic (exact) mass is 372 g/mol. The lowest BCUT2D eigenvalue weighted by atomic mass is 10.2. The summed E-state index contributed by atoms with van der Waals surface area (Å²) in [5, 5.41) is 0. The standard InChI is InChI=1S/C14H14BrFN2O2S/c1-18(9-10-5-3-2-4-6-10)21(19,20)14-8-13(17)11(15)7-12(14)16/h2-8H,9,17H2,1H3. The van der Waals surface area contributed by atoms with Crippen LogP contribution in [0.2, 0.25) is 0 Å². The van der Waals surface area contributed by atoms with Gasteiger partial charge in [0, 0.05) is 23.8 Å². The Kier molecular flexibility index (Phi) is 4.65. The molecule has 2 N–H and O–H groups in total. The van der Waals surface area contributed by atoms with Gasteiger partial charge in [-0.1, -0.05) is 30.3 Å². The van der Waals surface area contributed by atoms with Crippen molar-refractivity contribution in [1.29, 1.82) is 0 Å². The Bertz CT molecular complexity index is 751. The number of hydrogen-bond donors (Lipinski definition) is 1. The number of nitrogens with zero attached hydrogens (tertiary/aromatic N) is 1. The first-order valence-electron chi connectivity index (χ1n) is 6.07. The van der Waals surface area contributed by atoms with Crippen molar-refractivity contribution in [2.45, 2.75) is 11.4 Å². The summed E-state index contributed by atoms with van der Waals surface area (Å²) in [6.45, 7) is 0.151. The van der Waals surface area contributed by atoms with Gasteiger partial charge in [-0.15, -0.1) is 0 Å². The van der Waals surface area contributed by atoms with Gasteiger partial charge in [0.15, 0.2) is 0 Å². The van der Waals surface area contributed by atoms with Crippen molar-refractivity contribution in [1.82, 2.24) is 4.31 Å². The lowest BCUT2D eigenvalue weighted by Crippen LogP contribution is -2.27. The number of nitrogen functional groups attached to an aromatic ring is 1. The van der Waals surface area contributed by atoms with Crippen LogP contribution in [0.1, 0.15) is 5.56 Å². The smallest absolute Gasteiger partial charge is 0.246 e. The van der Waals surface area contributed by atoms with Crippen LogP contribution >= 0.6 is 15.9 Å². The fraction of sp³-hybridized carbons (Fsp3) is 0.143. The number of rotatable bonds is 4. The highest BCUT2D eigenvalue weighted by Gasteiger charge is 2.25. The number of nitrogens with two attached hydrogens (primary N) is 1. The molecule has 0 atom stereocenters. The third-order valence-electron chi connectivity index (χ3n) is 2.99. The molecule has 2 rings (SSSR count). The van der Waals surface area contributed by atoms with E-state index in [1.54, 1.807) is 12.1 Å². The Hall–Kier alpha value is -1.44. The predicted molar refractivity (Wildman–Crippen MR) is 83.6 cm³/mol. The molecule has 0 saturated carbocycles. The van der Waals surface area contributed by atoms with Gasteiger partial charge in [-0.3, -0.25) is 0 Å². The van der Waals surface area contributed by atoms with Gasteiger partial charge in [0.2, 0.25) is 10.0 Å². The molecule has 0 saturated heterocycles. The summed E-state index contributed by atoms with van der Waals surface area (Å²) in [6, 6.07) is 11.3. The van der Waals surface area contributed by atoms with E-state index < -0.39 is 20.7 Å². The van der Waals surface area contributed by atoms with E-state index in [-0.39, 0.29) is 12.2 Å². The fourth-order valence-corrected chi connectivity index (χ4v) is 3.39. The summed E-state index contributed by atoms with van der Waals surface area (Å²) in [4.78, 5) is -0.429. The summed E-state index contributed by atoms with van der Waals surface area (Å²) in [6.07, 6.45) is 0. The van der Waals surface area contributed by atoms with Crippen LogP contribution in [-0.2, 0) is 16.6 Å². The molecule has 0 heterocycles. The Labute approximate surface area is 131 Å². The largest absolute Gasteiger partial charge is 0.398 e. The second-order valence-corrected chi connectivity index (χ2v) is 7.42. The van der Waals surface area contributed by atoms with E-state index in [0.29, 0.717) is 4.47 Å². The summed E-state index contributed by atoms with van der Waals surface area (Å²) >= 11 is 3.06. The van der Waals surface area contributed by atoms with Crippen molar-refractivity contribution < 1.29 is 12.8 Å². The molecule has 7 heteroatoms. The number of sulfonamides is 1. The second-order valence-electron chi connectivity index (χ2n) is 4.55. The molecule has 0 radical (unpaired) electrons. The maximum atomic E-state index is 13.9. The number of halogens is 2. The van der Waals surface area contributed by atoms with Gasteiger partial charge in [-0.2, -0.15) is 4.31 Å². The zero-order valence-corrected chi connectivity index (χ0v) is 13.7. The minimum absolute atomic E-state index is 0.151. The van der Waals surface area contributed by atoms with Crippen molar-refractivity contribution >= 4 is 31.6 Å². The summed E-state index contributed by atoms with van der Waals surface area (Å²) in [5.74, 6) is -0.837. The van der Waals surface area contributed by atoms with Crippen molar-refractivity contribution in [3.8, 4) is 0 Å². The topological polar surface area (TPSA) is 63.4 Å². The lowest BCUT2D eigenvalue weighted by molar-refractivity contribution is 0.460. The van der Waals surface area contributed by atoms with Gasteiger partial charge in [-0.05, 0) is 33.6 Å². The van der Waals surface area contributed by atoms with Crippen molar-refractivity contribution in [2.24, 2.45) is 0 Å². The minimum Gasteiger partial charge on any atom is -0.398 e. The van der Waals surface area contributed by atoms with Crippen molar-refractivity contribution in [3.05, 3.63) is 58.3 Å². The van der Waals surface area contributed by atoms with Crippen LogP contribution in [-0.4, -0.2) is 19.8 Å². The van der Waals surface area contributed by atoms with E-state index in [0.717, 1.165) is 22.0 Å². The molecule has 0 fully saturated rings. The molecule has 112 valence electrons. The van der Waals surface area contributed by atoms with Crippen LogP contribution in [0.15, 0.2) is 51.8 Å². The first kappa shape index (κ1) is 15.9. The molecule has 0 unspecified atom stereocenters. The molecule has 0 spiro atoms. The number of benzene rings is 2. The SMILES string of the molecule is CN(Cc1ccccc1)S(=O)(=O)c1cc(N)c(Br)cc1F. The molecule has 0 aliphatic carbocycles. The Balaban J connectivity index is 2.36. The van der Waals surface area contributed by atoms with Gasteiger partial charge in [0.05, 0.1) is 0 Å². The van der Waals surface area contributed by atoms with E-state index in [1.165, 1.54) is 7.05 Å². The predicted octanol–water partition coefficient (Wildman–Crippen LogP) is 2.99. The van der Waals surface area contributed by atoms with Gasteiger partial charge < -0.3 is 5.73 Å². The average molecular weight is 373 g/mol. The first-order chi connectivity index (χ1) is 9.82. The maximum Gasteiger partial charge on any atom is 0.246 e. The van der Waals surface area contributed by atoms with Gasteiger partial charge in [0.25, 0.3) is 0 Å². The number of hydrogen-bond acceptors (Lipinski definition) is 3. The van der Waals surface area contributed by atoms with Crippen LogP contribution < -0.4 is 5.73 Å². The van der Waals surface area contributed by atoms with E-state index in [9.17, 15) is 12.8 Å². The van der Waals surface area contributed by atoms with Crippen LogP contribution in [0.25, 0.3) is 0 Å². The summed E-state index contributed by atoms with van der Waals surface area (Å²) < 4.78 is 40.2. The van der Waals surface area contributed by atoms with Crippen LogP contribution in [0, 0.1) is 5.82 Å². The summed E-state index contributed by atoms with van der Waals surface area (Å²) in [7, 11) is -2.55. The maximum absolute atomic E-state index is 13.9. The van der Waals surface area contributed by atoms with Gasteiger partial charge in [-0.25, -0.2) is 12.8 Å². The zero-order chi connectivity index (χ0) is 15.6. The highest BCUT2D eigenvalue weighted by atomic mass is 79.9. The third-order valence-corrected chi connectivity index (χ3v) is 5.49. The molecule has 4 nitrogen and oxygen atoms in total. The molecule has 0 aliphatic rings. The van der Waals surface area contributed by atoms with Crippen molar-refractivity contribution in [2.75, 3.05) is 12.8 Å². The summed E-state index contributed by atoms with van der Waals surface area (Å²) in [5.41, 5.74) is 6.63. The fourth-order valence-electron chi connectivity index (χ4n) is 1.84. The molecule has 2 aromatic rings. The Morgan fingerprint density at radius 1 is 1.24 bits per heavy atom. The second kappa shape index (κ2) is 6.13. The van der Waals surface area contributed by atoms with E-state index >= 15 is 0 Å². The molecular weight excluding hydrogens is 359 g/mol. The van der Waals surface area contributed by atoms with Crippen LogP contribution in [0.3, 0.4) is 0 Å². The molecule has 0 aliphatic heterocycles. The van der Waals surface area contributed by atoms with Gasteiger partial charge in [0.1, 0.15) is 10.7 Å². The van der Waals surface area contributed by atoms with E-state index in [4.69, 9.17) is 5.73 Å². The van der Waals surface area contributed by atoms with E-state index in [1.807, 2.05) is 18.2 Å². The highest BCUT2D eigenvalue weighted by Crippen LogP contribution is 2.28. The molecule has 0 bridgehead atoms. The Morgan fingerprint density at radius 2 is 1.86 bits per heavy atom. The first-order valence-corrected chi connectivity index (χ1v) is 8.30.